The van der Waals surface area contributed by atoms with Crippen LogP contribution in [0.3, 0.4) is 0 Å². The van der Waals surface area contributed by atoms with Gasteiger partial charge in [0.2, 0.25) is 5.91 Å². The van der Waals surface area contributed by atoms with Gasteiger partial charge in [-0.1, -0.05) is 23.7 Å². The van der Waals surface area contributed by atoms with Crippen LogP contribution in [0.5, 0.6) is 5.75 Å². The lowest BCUT2D eigenvalue weighted by molar-refractivity contribution is -0.132. The first-order valence-electron chi connectivity index (χ1n) is 8.78. The third-order valence-corrected chi connectivity index (χ3v) is 5.21. The minimum atomic E-state index is -0.478. The van der Waals surface area contributed by atoms with Gasteiger partial charge in [0.25, 0.3) is 0 Å². The lowest BCUT2D eigenvalue weighted by Gasteiger charge is -2.29. The monoisotopic (exact) mass is 386 g/mol. The number of oxazole rings is 1. The highest BCUT2D eigenvalue weighted by molar-refractivity contribution is 6.31. The Hall–Kier alpha value is -2.73. The van der Waals surface area contributed by atoms with Crippen LogP contribution in [0.15, 0.2) is 45.6 Å². The Kier molecular flexibility index (Phi) is 4.66. The standard InChI is InChI=1S/C20H19ClN2O4/c1-26-17-4-2-3-13-12-22(9-7-15(13)17)19(24)8-10-23-16-6-5-14(21)11-18(16)27-20(23)25/h2-6,11H,7-10,12H2,1H3. The number of hydrogen-bond acceptors (Lipinski definition) is 4. The Morgan fingerprint density at radius 2 is 2.15 bits per heavy atom. The van der Waals surface area contributed by atoms with E-state index in [1.54, 1.807) is 25.3 Å². The molecule has 1 aliphatic heterocycles. The molecule has 0 N–H and O–H groups in total. The summed E-state index contributed by atoms with van der Waals surface area (Å²) in [5.74, 6) is 0.405. The number of fused-ring (bicyclic) bond motifs is 2. The van der Waals surface area contributed by atoms with E-state index in [2.05, 4.69) is 0 Å². The van der Waals surface area contributed by atoms with E-state index < -0.39 is 5.76 Å². The molecule has 2 heterocycles. The Labute approximate surface area is 160 Å². The van der Waals surface area contributed by atoms with E-state index in [1.807, 2.05) is 23.1 Å². The fraction of sp³-hybridized carbons (Fsp3) is 0.300. The maximum Gasteiger partial charge on any atom is 0.419 e. The van der Waals surface area contributed by atoms with Gasteiger partial charge in [0.05, 0.1) is 12.6 Å². The number of amides is 1. The molecule has 0 aliphatic carbocycles. The van der Waals surface area contributed by atoms with Crippen molar-refractivity contribution < 1.29 is 13.9 Å². The van der Waals surface area contributed by atoms with Crippen molar-refractivity contribution in [3.05, 3.63) is 63.1 Å². The molecule has 1 aliphatic rings. The lowest BCUT2D eigenvalue weighted by atomic mass is 9.98. The number of aryl methyl sites for hydroxylation is 1. The van der Waals surface area contributed by atoms with Crippen LogP contribution in [-0.2, 0) is 24.3 Å². The molecule has 2 aromatic carbocycles. The summed E-state index contributed by atoms with van der Waals surface area (Å²) in [6.07, 6.45) is 0.995. The molecule has 0 unspecified atom stereocenters. The molecule has 140 valence electrons. The highest BCUT2D eigenvalue weighted by Crippen LogP contribution is 2.28. The average molecular weight is 387 g/mol. The maximum absolute atomic E-state index is 12.7. The zero-order chi connectivity index (χ0) is 19.0. The maximum atomic E-state index is 12.7. The van der Waals surface area contributed by atoms with Crippen molar-refractivity contribution in [2.75, 3.05) is 13.7 Å². The quantitative estimate of drug-likeness (QED) is 0.690. The zero-order valence-electron chi connectivity index (χ0n) is 14.9. The summed E-state index contributed by atoms with van der Waals surface area (Å²) in [7, 11) is 1.66. The van der Waals surface area contributed by atoms with E-state index in [4.69, 9.17) is 20.8 Å². The normalized spacial score (nSPS) is 13.6. The number of hydrogen-bond donors (Lipinski definition) is 0. The van der Waals surface area contributed by atoms with Gasteiger partial charge in [-0.3, -0.25) is 9.36 Å². The number of ether oxygens (including phenoxy) is 1. The van der Waals surface area contributed by atoms with Crippen molar-refractivity contribution in [3.8, 4) is 5.75 Å². The van der Waals surface area contributed by atoms with Crippen LogP contribution in [0.4, 0.5) is 0 Å². The molecule has 1 aromatic heterocycles. The summed E-state index contributed by atoms with van der Waals surface area (Å²) in [5, 5.41) is 0.502. The van der Waals surface area contributed by atoms with Crippen LogP contribution < -0.4 is 10.5 Å². The summed E-state index contributed by atoms with van der Waals surface area (Å²) in [6.45, 7) is 1.47. The summed E-state index contributed by atoms with van der Waals surface area (Å²) in [6, 6.07) is 10.9. The summed E-state index contributed by atoms with van der Waals surface area (Å²) >= 11 is 5.93. The van der Waals surface area contributed by atoms with Gasteiger partial charge in [0.15, 0.2) is 5.58 Å². The molecule has 1 amide bonds. The van der Waals surface area contributed by atoms with Gasteiger partial charge in [-0.2, -0.15) is 0 Å². The fourth-order valence-corrected chi connectivity index (χ4v) is 3.76. The number of rotatable bonds is 4. The highest BCUT2D eigenvalue weighted by Gasteiger charge is 2.23. The molecule has 0 fully saturated rings. The molecule has 27 heavy (non-hydrogen) atoms. The van der Waals surface area contributed by atoms with Crippen LogP contribution in [0.25, 0.3) is 11.1 Å². The van der Waals surface area contributed by atoms with Crippen molar-refractivity contribution in [1.29, 1.82) is 0 Å². The van der Waals surface area contributed by atoms with Gasteiger partial charge in [-0.25, -0.2) is 4.79 Å². The van der Waals surface area contributed by atoms with Crippen LogP contribution in [-0.4, -0.2) is 29.0 Å². The number of aromatic nitrogens is 1. The smallest absolute Gasteiger partial charge is 0.419 e. The molecule has 0 saturated heterocycles. The first kappa shape index (κ1) is 17.7. The second kappa shape index (κ2) is 7.12. The Bertz CT molecular complexity index is 1070. The average Bonchev–Trinajstić information content (AvgIpc) is 2.99. The largest absolute Gasteiger partial charge is 0.496 e. The van der Waals surface area contributed by atoms with Crippen LogP contribution in [0.2, 0.25) is 5.02 Å². The van der Waals surface area contributed by atoms with Crippen LogP contribution in [0.1, 0.15) is 17.5 Å². The number of nitrogens with zero attached hydrogens (tertiary/aromatic N) is 2. The highest BCUT2D eigenvalue weighted by atomic mass is 35.5. The molecule has 0 saturated carbocycles. The topological polar surface area (TPSA) is 64.7 Å². The van der Waals surface area contributed by atoms with E-state index >= 15 is 0 Å². The van der Waals surface area contributed by atoms with Crippen molar-refractivity contribution in [1.82, 2.24) is 9.47 Å². The van der Waals surface area contributed by atoms with Gasteiger partial charge in [0, 0.05) is 42.7 Å². The summed E-state index contributed by atoms with van der Waals surface area (Å²) in [4.78, 5) is 26.6. The van der Waals surface area contributed by atoms with Crippen LogP contribution >= 0.6 is 11.6 Å². The second-order valence-corrected chi connectivity index (χ2v) is 6.98. The van der Waals surface area contributed by atoms with Crippen molar-refractivity contribution >= 4 is 28.6 Å². The van der Waals surface area contributed by atoms with Gasteiger partial charge < -0.3 is 14.1 Å². The lowest BCUT2D eigenvalue weighted by Crippen LogP contribution is -2.36. The summed E-state index contributed by atoms with van der Waals surface area (Å²) < 4.78 is 12.1. The molecular weight excluding hydrogens is 368 g/mol. The zero-order valence-corrected chi connectivity index (χ0v) is 15.7. The molecule has 6 nitrogen and oxygen atoms in total. The third-order valence-electron chi connectivity index (χ3n) is 4.98. The second-order valence-electron chi connectivity index (χ2n) is 6.54. The Morgan fingerprint density at radius 3 is 2.96 bits per heavy atom. The number of halogens is 1. The third kappa shape index (κ3) is 3.32. The van der Waals surface area contributed by atoms with Crippen LogP contribution in [0, 0.1) is 0 Å². The minimum Gasteiger partial charge on any atom is -0.496 e. The van der Waals surface area contributed by atoms with Gasteiger partial charge in [0.1, 0.15) is 5.75 Å². The van der Waals surface area contributed by atoms with E-state index in [1.165, 1.54) is 4.57 Å². The minimum absolute atomic E-state index is 0.0127. The van der Waals surface area contributed by atoms with Gasteiger partial charge >= 0.3 is 5.76 Å². The SMILES string of the molecule is COc1cccc2c1CCN(C(=O)CCn1c(=O)oc3cc(Cl)ccc31)C2. The Balaban J connectivity index is 1.48. The van der Waals surface area contributed by atoms with Gasteiger partial charge in [-0.15, -0.1) is 0 Å². The molecule has 0 bridgehead atoms. The van der Waals surface area contributed by atoms with E-state index in [-0.39, 0.29) is 18.9 Å². The molecule has 3 aromatic rings. The predicted molar refractivity (Wildman–Crippen MR) is 102 cm³/mol. The predicted octanol–water partition coefficient (Wildman–Crippen LogP) is 3.23. The molecule has 0 spiro atoms. The number of methoxy groups -OCH3 is 1. The van der Waals surface area contributed by atoms with E-state index in [9.17, 15) is 9.59 Å². The van der Waals surface area contributed by atoms with Crippen molar-refractivity contribution in [2.45, 2.75) is 25.9 Å². The molecule has 0 radical (unpaired) electrons. The number of carbonyl (C=O) groups excluding carboxylic acids is 1. The first-order valence-corrected chi connectivity index (χ1v) is 9.16. The van der Waals surface area contributed by atoms with E-state index in [0.717, 1.165) is 23.3 Å². The molecule has 4 rings (SSSR count). The number of benzene rings is 2. The molecular formula is C20H19ClN2O4. The van der Waals surface area contributed by atoms with Gasteiger partial charge in [-0.05, 0) is 30.2 Å². The number of carbonyl (C=O) groups is 1. The van der Waals surface area contributed by atoms with E-state index in [0.29, 0.717) is 29.2 Å². The van der Waals surface area contributed by atoms with Crippen molar-refractivity contribution in [3.63, 3.8) is 0 Å². The summed E-state index contributed by atoms with van der Waals surface area (Å²) in [5.41, 5.74) is 3.34. The fourth-order valence-electron chi connectivity index (χ4n) is 3.60. The molecule has 7 heteroatoms. The first-order chi connectivity index (χ1) is 13.1. The molecule has 0 atom stereocenters. The van der Waals surface area contributed by atoms with Crippen molar-refractivity contribution in [2.24, 2.45) is 0 Å². The Morgan fingerprint density at radius 1 is 1.30 bits per heavy atom.